The summed E-state index contributed by atoms with van der Waals surface area (Å²) in [5.74, 6) is -0.197. The van der Waals surface area contributed by atoms with E-state index in [-0.39, 0.29) is 12.1 Å². The second-order valence-electron chi connectivity index (χ2n) is 6.37. The zero-order valence-electron chi connectivity index (χ0n) is 15.9. The zero-order valence-corrected chi connectivity index (χ0v) is 15.9. The minimum absolute atomic E-state index is 0.197. The molecule has 3 nitrogen and oxygen atoms in total. The van der Waals surface area contributed by atoms with Crippen LogP contribution < -0.4 is 0 Å². The molecule has 0 heterocycles. The molecule has 0 saturated carbocycles. The van der Waals surface area contributed by atoms with Crippen molar-refractivity contribution in [1.29, 1.82) is 0 Å². The zero-order chi connectivity index (χ0) is 17.2. The Labute approximate surface area is 144 Å². The Bertz CT molecular complexity index is 253. The fourth-order valence-electron chi connectivity index (χ4n) is 2.88. The van der Waals surface area contributed by atoms with Crippen LogP contribution in [0.3, 0.4) is 0 Å². The molecule has 0 bridgehead atoms. The third kappa shape index (κ3) is 14.7. The van der Waals surface area contributed by atoms with E-state index >= 15 is 0 Å². The largest absolute Gasteiger partial charge is 0.464 e. The Hall–Kier alpha value is -0.570. The van der Waals surface area contributed by atoms with Gasteiger partial charge in [0.2, 0.25) is 0 Å². The first kappa shape index (κ1) is 22.4. The minimum Gasteiger partial charge on any atom is -0.464 e. The molecule has 0 amide bonds. The lowest BCUT2D eigenvalue weighted by Crippen LogP contribution is -2.26. The van der Waals surface area contributed by atoms with Gasteiger partial charge in [-0.2, -0.15) is 0 Å². The number of carbonyl (C=O) groups excluding carboxylic acids is 1. The van der Waals surface area contributed by atoms with Crippen molar-refractivity contribution in [2.45, 2.75) is 110 Å². The Morgan fingerprint density at radius 2 is 1.17 bits per heavy atom. The number of rotatable bonds is 17. The van der Waals surface area contributed by atoms with E-state index in [4.69, 9.17) is 9.47 Å². The van der Waals surface area contributed by atoms with E-state index in [9.17, 15) is 4.79 Å². The number of hydrogen-bond acceptors (Lipinski definition) is 3. The van der Waals surface area contributed by atoms with Crippen molar-refractivity contribution in [3.05, 3.63) is 0 Å². The van der Waals surface area contributed by atoms with Gasteiger partial charge in [-0.15, -0.1) is 0 Å². The number of hydrogen-bond donors (Lipinski definition) is 0. The van der Waals surface area contributed by atoms with Crippen LogP contribution in [-0.4, -0.2) is 25.3 Å². The van der Waals surface area contributed by atoms with E-state index in [0.717, 1.165) is 12.8 Å². The third-order valence-corrected chi connectivity index (χ3v) is 4.24. The van der Waals surface area contributed by atoms with Crippen molar-refractivity contribution in [2.24, 2.45) is 0 Å². The van der Waals surface area contributed by atoms with Crippen molar-refractivity contribution < 1.29 is 14.3 Å². The molecule has 0 aromatic heterocycles. The second kappa shape index (κ2) is 17.8. The lowest BCUT2D eigenvalue weighted by molar-refractivity contribution is -0.156. The van der Waals surface area contributed by atoms with Crippen molar-refractivity contribution >= 4 is 5.97 Å². The molecule has 0 rings (SSSR count). The summed E-state index contributed by atoms with van der Waals surface area (Å²) in [4.78, 5) is 11.7. The molecular formula is C20H40O3. The number of carbonyl (C=O) groups is 1. The molecular weight excluding hydrogens is 288 g/mol. The van der Waals surface area contributed by atoms with Crippen molar-refractivity contribution in [2.75, 3.05) is 13.2 Å². The van der Waals surface area contributed by atoms with Gasteiger partial charge in [-0.1, -0.05) is 84.0 Å². The molecule has 23 heavy (non-hydrogen) atoms. The predicted molar refractivity (Wildman–Crippen MR) is 97.7 cm³/mol. The summed E-state index contributed by atoms with van der Waals surface area (Å²) >= 11 is 0. The highest BCUT2D eigenvalue weighted by molar-refractivity contribution is 5.74. The van der Waals surface area contributed by atoms with E-state index in [1.165, 1.54) is 70.6 Å². The average Bonchev–Trinajstić information content (AvgIpc) is 2.55. The highest BCUT2D eigenvalue weighted by Crippen LogP contribution is 2.14. The van der Waals surface area contributed by atoms with Crippen molar-refractivity contribution in [3.8, 4) is 0 Å². The van der Waals surface area contributed by atoms with Crippen LogP contribution in [0.25, 0.3) is 0 Å². The van der Waals surface area contributed by atoms with Gasteiger partial charge in [0, 0.05) is 6.61 Å². The summed E-state index contributed by atoms with van der Waals surface area (Å²) in [5, 5.41) is 0. The molecule has 138 valence electrons. The Morgan fingerprint density at radius 1 is 0.696 bits per heavy atom. The molecule has 0 unspecified atom stereocenters. The standard InChI is InChI=1S/C20H40O3/c1-4-7-8-9-10-11-12-13-14-15-16-17-18-19(22-5-2)20(21)23-6-3/h19H,4-18H2,1-3H3/t19-/m0/s1. The van der Waals surface area contributed by atoms with Crippen LogP contribution in [0.5, 0.6) is 0 Å². The van der Waals surface area contributed by atoms with E-state index in [0.29, 0.717) is 13.2 Å². The first-order valence-corrected chi connectivity index (χ1v) is 10.0. The van der Waals surface area contributed by atoms with Crippen LogP contribution in [0.4, 0.5) is 0 Å². The molecule has 0 N–H and O–H groups in total. The van der Waals surface area contributed by atoms with Gasteiger partial charge in [0.05, 0.1) is 6.61 Å². The van der Waals surface area contributed by atoms with E-state index in [1.54, 1.807) is 0 Å². The first-order chi connectivity index (χ1) is 11.3. The average molecular weight is 329 g/mol. The molecule has 0 fully saturated rings. The molecule has 0 aromatic carbocycles. The fraction of sp³-hybridized carbons (Fsp3) is 0.950. The summed E-state index contributed by atoms with van der Waals surface area (Å²) in [6, 6.07) is 0. The van der Waals surface area contributed by atoms with Crippen LogP contribution >= 0.6 is 0 Å². The highest BCUT2D eigenvalue weighted by Gasteiger charge is 2.18. The Kier molecular flexibility index (Phi) is 17.3. The third-order valence-electron chi connectivity index (χ3n) is 4.24. The van der Waals surface area contributed by atoms with Gasteiger partial charge in [0.15, 0.2) is 6.10 Å². The summed E-state index contributed by atoms with van der Waals surface area (Å²) in [7, 11) is 0. The van der Waals surface area contributed by atoms with Crippen LogP contribution in [0, 0.1) is 0 Å². The minimum atomic E-state index is -0.358. The maximum atomic E-state index is 11.7. The number of ether oxygens (including phenoxy) is 2. The number of unbranched alkanes of at least 4 members (excludes halogenated alkanes) is 11. The van der Waals surface area contributed by atoms with Crippen LogP contribution in [-0.2, 0) is 14.3 Å². The lowest BCUT2D eigenvalue weighted by atomic mass is 10.0. The SMILES string of the molecule is CCCCCCCCCCCCCC[C@H](OCC)C(=O)OCC. The van der Waals surface area contributed by atoms with Gasteiger partial charge in [-0.3, -0.25) is 0 Å². The van der Waals surface area contributed by atoms with Gasteiger partial charge in [0.25, 0.3) is 0 Å². The van der Waals surface area contributed by atoms with Gasteiger partial charge < -0.3 is 9.47 Å². The quantitative estimate of drug-likeness (QED) is 0.241. The van der Waals surface area contributed by atoms with Crippen LogP contribution in [0.15, 0.2) is 0 Å². The smallest absolute Gasteiger partial charge is 0.335 e. The van der Waals surface area contributed by atoms with Gasteiger partial charge in [-0.05, 0) is 20.3 Å². The molecule has 3 heteroatoms. The summed E-state index contributed by atoms with van der Waals surface area (Å²) in [6.45, 7) is 7.03. The molecule has 0 radical (unpaired) electrons. The number of esters is 1. The molecule has 0 aliphatic rings. The van der Waals surface area contributed by atoms with Crippen molar-refractivity contribution in [1.82, 2.24) is 0 Å². The Morgan fingerprint density at radius 3 is 1.61 bits per heavy atom. The van der Waals surface area contributed by atoms with E-state index in [2.05, 4.69) is 6.92 Å². The monoisotopic (exact) mass is 328 g/mol. The highest BCUT2D eigenvalue weighted by atomic mass is 16.6. The van der Waals surface area contributed by atoms with Crippen LogP contribution in [0.2, 0.25) is 0 Å². The van der Waals surface area contributed by atoms with Crippen molar-refractivity contribution in [3.63, 3.8) is 0 Å². The Balaban J connectivity index is 3.40. The summed E-state index contributed by atoms with van der Waals surface area (Å²) in [6.07, 6.45) is 16.4. The maximum absolute atomic E-state index is 11.7. The molecule has 0 aliphatic carbocycles. The molecule has 1 atom stereocenters. The molecule has 0 aromatic rings. The van der Waals surface area contributed by atoms with Crippen LogP contribution in [0.1, 0.15) is 104 Å². The summed E-state index contributed by atoms with van der Waals surface area (Å²) in [5.41, 5.74) is 0. The summed E-state index contributed by atoms with van der Waals surface area (Å²) < 4.78 is 10.5. The van der Waals surface area contributed by atoms with E-state index < -0.39 is 0 Å². The lowest BCUT2D eigenvalue weighted by Gasteiger charge is -2.15. The molecule has 0 aliphatic heterocycles. The van der Waals surface area contributed by atoms with Gasteiger partial charge in [-0.25, -0.2) is 4.79 Å². The topological polar surface area (TPSA) is 35.5 Å². The van der Waals surface area contributed by atoms with Gasteiger partial charge in [0.1, 0.15) is 0 Å². The second-order valence-corrected chi connectivity index (χ2v) is 6.37. The molecule has 0 spiro atoms. The van der Waals surface area contributed by atoms with Gasteiger partial charge >= 0.3 is 5.97 Å². The van der Waals surface area contributed by atoms with E-state index in [1.807, 2.05) is 13.8 Å². The fourth-order valence-corrected chi connectivity index (χ4v) is 2.88. The predicted octanol–water partition coefficient (Wildman–Crippen LogP) is 6.05. The maximum Gasteiger partial charge on any atom is 0.335 e. The molecule has 0 saturated heterocycles. The normalized spacial score (nSPS) is 12.3. The first-order valence-electron chi connectivity index (χ1n) is 10.0.